The highest BCUT2D eigenvalue weighted by Crippen LogP contribution is 1.93. The Labute approximate surface area is 78.3 Å². The number of carbonyl (C=O) groups is 1. The molecule has 0 saturated heterocycles. The van der Waals surface area contributed by atoms with E-state index in [9.17, 15) is 4.79 Å². The molecule has 5 nitrogen and oxygen atoms in total. The summed E-state index contributed by atoms with van der Waals surface area (Å²) in [7, 11) is 5.10. The predicted octanol–water partition coefficient (Wildman–Crippen LogP) is -0.917. The molecule has 0 fully saturated rings. The van der Waals surface area contributed by atoms with E-state index in [0.717, 1.165) is 0 Å². The van der Waals surface area contributed by atoms with Crippen molar-refractivity contribution in [2.75, 3.05) is 27.7 Å². The minimum atomic E-state index is -0.193. The zero-order chi connectivity index (χ0) is 10.1. The molecule has 0 spiro atoms. The van der Waals surface area contributed by atoms with Gasteiger partial charge in [-0.1, -0.05) is 0 Å². The summed E-state index contributed by atoms with van der Waals surface area (Å²) in [6, 6.07) is 0. The lowest BCUT2D eigenvalue weighted by molar-refractivity contribution is -0.117. The molecule has 0 bridgehead atoms. The van der Waals surface area contributed by atoms with Crippen molar-refractivity contribution in [2.24, 2.45) is 4.99 Å². The molecule has 0 aliphatic heterocycles. The Bertz CT molecular complexity index is 210. The quantitative estimate of drug-likeness (QED) is 0.294. The lowest BCUT2D eigenvalue weighted by atomic mass is 10.4. The molecule has 0 aliphatic carbocycles. The third-order valence-electron chi connectivity index (χ3n) is 1.29. The summed E-state index contributed by atoms with van der Waals surface area (Å²) in [5.74, 6) is -0.193. The summed E-state index contributed by atoms with van der Waals surface area (Å²) in [6.07, 6.45) is 3.18. The fourth-order valence-electron chi connectivity index (χ4n) is 0.665. The number of carbonyl (C=O) groups excluding carboxylic acids is 1. The SMILES string of the molecule is CN/C=N\C(=C/CNC)C(=O)NC. The Kier molecular flexibility index (Phi) is 6.53. The van der Waals surface area contributed by atoms with Crippen molar-refractivity contribution in [3.8, 4) is 0 Å². The highest BCUT2D eigenvalue weighted by atomic mass is 16.1. The smallest absolute Gasteiger partial charge is 0.269 e. The van der Waals surface area contributed by atoms with Crippen LogP contribution in [0.3, 0.4) is 0 Å². The number of hydrogen-bond donors (Lipinski definition) is 3. The molecular weight excluding hydrogens is 168 g/mol. The van der Waals surface area contributed by atoms with Gasteiger partial charge >= 0.3 is 0 Å². The number of likely N-dealkylation sites (N-methyl/N-ethyl adjacent to an activating group) is 2. The lowest BCUT2D eigenvalue weighted by Gasteiger charge is -1.99. The normalized spacial score (nSPS) is 11.8. The van der Waals surface area contributed by atoms with E-state index >= 15 is 0 Å². The second kappa shape index (κ2) is 7.30. The van der Waals surface area contributed by atoms with Gasteiger partial charge in [0, 0.05) is 20.6 Å². The summed E-state index contributed by atoms with van der Waals surface area (Å²) >= 11 is 0. The monoisotopic (exact) mass is 184 g/mol. The number of nitrogens with one attached hydrogen (secondary N) is 3. The molecule has 0 unspecified atom stereocenters. The van der Waals surface area contributed by atoms with E-state index in [0.29, 0.717) is 12.2 Å². The molecular formula is C8H16N4O. The van der Waals surface area contributed by atoms with E-state index in [1.807, 2.05) is 0 Å². The molecule has 13 heavy (non-hydrogen) atoms. The van der Waals surface area contributed by atoms with Crippen LogP contribution < -0.4 is 16.0 Å². The van der Waals surface area contributed by atoms with Crippen LogP contribution in [-0.4, -0.2) is 39.9 Å². The van der Waals surface area contributed by atoms with Crippen LogP contribution in [0.5, 0.6) is 0 Å². The van der Waals surface area contributed by atoms with Crippen molar-refractivity contribution in [3.63, 3.8) is 0 Å². The van der Waals surface area contributed by atoms with E-state index in [1.165, 1.54) is 6.34 Å². The number of hydrogen-bond acceptors (Lipinski definition) is 3. The first-order valence-electron chi connectivity index (χ1n) is 4.03. The molecule has 74 valence electrons. The van der Waals surface area contributed by atoms with Gasteiger partial charge in [0.05, 0.1) is 6.34 Å². The summed E-state index contributed by atoms with van der Waals surface area (Å²) in [6.45, 7) is 0.615. The van der Waals surface area contributed by atoms with E-state index < -0.39 is 0 Å². The molecule has 1 amide bonds. The van der Waals surface area contributed by atoms with Crippen LogP contribution in [0, 0.1) is 0 Å². The van der Waals surface area contributed by atoms with Gasteiger partial charge < -0.3 is 16.0 Å². The van der Waals surface area contributed by atoms with Crippen molar-refractivity contribution in [1.82, 2.24) is 16.0 Å². The van der Waals surface area contributed by atoms with Gasteiger partial charge in [0.1, 0.15) is 5.70 Å². The number of nitrogens with zero attached hydrogens (tertiary/aromatic N) is 1. The van der Waals surface area contributed by atoms with Crippen LogP contribution in [-0.2, 0) is 4.79 Å². The summed E-state index contributed by atoms with van der Waals surface area (Å²) < 4.78 is 0. The molecule has 0 aromatic carbocycles. The van der Waals surface area contributed by atoms with Gasteiger partial charge in [-0.2, -0.15) is 0 Å². The van der Waals surface area contributed by atoms with Gasteiger partial charge in [-0.05, 0) is 13.1 Å². The van der Waals surface area contributed by atoms with E-state index in [1.54, 1.807) is 27.2 Å². The first-order valence-corrected chi connectivity index (χ1v) is 4.03. The minimum Gasteiger partial charge on any atom is -0.379 e. The maximum atomic E-state index is 11.2. The molecule has 3 N–H and O–H groups in total. The third-order valence-corrected chi connectivity index (χ3v) is 1.29. The molecule has 5 heteroatoms. The Balaban J connectivity index is 4.35. The topological polar surface area (TPSA) is 65.5 Å². The fourth-order valence-corrected chi connectivity index (χ4v) is 0.665. The van der Waals surface area contributed by atoms with Crippen LogP contribution in [0.1, 0.15) is 0 Å². The molecule has 0 aromatic rings. The van der Waals surface area contributed by atoms with Gasteiger partial charge in [0.25, 0.3) is 5.91 Å². The van der Waals surface area contributed by atoms with E-state index in [2.05, 4.69) is 20.9 Å². The van der Waals surface area contributed by atoms with Crippen LogP contribution in [0.4, 0.5) is 0 Å². The number of amides is 1. The van der Waals surface area contributed by atoms with Gasteiger partial charge in [0.15, 0.2) is 0 Å². The predicted molar refractivity (Wildman–Crippen MR) is 53.6 cm³/mol. The van der Waals surface area contributed by atoms with Crippen molar-refractivity contribution in [2.45, 2.75) is 0 Å². The summed E-state index contributed by atoms with van der Waals surface area (Å²) in [4.78, 5) is 15.1. The highest BCUT2D eigenvalue weighted by molar-refractivity contribution is 5.94. The molecule has 0 rings (SSSR count). The van der Waals surface area contributed by atoms with Crippen LogP contribution in [0.15, 0.2) is 16.8 Å². The van der Waals surface area contributed by atoms with Gasteiger partial charge in [-0.15, -0.1) is 0 Å². The van der Waals surface area contributed by atoms with Crippen LogP contribution >= 0.6 is 0 Å². The Morgan fingerprint density at radius 2 is 2.08 bits per heavy atom. The molecule has 0 aromatic heterocycles. The fraction of sp³-hybridized carbons (Fsp3) is 0.500. The zero-order valence-corrected chi connectivity index (χ0v) is 8.22. The lowest BCUT2D eigenvalue weighted by Crippen LogP contribution is -2.21. The summed E-state index contributed by atoms with van der Waals surface area (Å²) in [5, 5.41) is 8.13. The molecule has 0 atom stereocenters. The van der Waals surface area contributed by atoms with Gasteiger partial charge in [-0.25, -0.2) is 4.99 Å². The Morgan fingerprint density at radius 3 is 2.54 bits per heavy atom. The summed E-state index contributed by atoms with van der Waals surface area (Å²) in [5.41, 5.74) is 0.395. The molecule has 0 radical (unpaired) electrons. The minimum absolute atomic E-state index is 0.193. The second-order valence-corrected chi connectivity index (χ2v) is 2.27. The van der Waals surface area contributed by atoms with Gasteiger partial charge in [0.2, 0.25) is 0 Å². The molecule has 0 saturated carbocycles. The third kappa shape index (κ3) is 4.97. The first kappa shape index (κ1) is 11.6. The highest BCUT2D eigenvalue weighted by Gasteiger charge is 2.02. The van der Waals surface area contributed by atoms with E-state index in [4.69, 9.17) is 0 Å². The maximum Gasteiger partial charge on any atom is 0.269 e. The Hall–Kier alpha value is -1.36. The van der Waals surface area contributed by atoms with Crippen molar-refractivity contribution in [3.05, 3.63) is 11.8 Å². The van der Waals surface area contributed by atoms with Crippen LogP contribution in [0.2, 0.25) is 0 Å². The number of rotatable bonds is 5. The largest absolute Gasteiger partial charge is 0.379 e. The first-order chi connectivity index (χ1) is 6.26. The molecule has 0 heterocycles. The van der Waals surface area contributed by atoms with Crippen molar-refractivity contribution >= 4 is 12.2 Å². The van der Waals surface area contributed by atoms with E-state index in [-0.39, 0.29) is 5.91 Å². The van der Waals surface area contributed by atoms with Crippen molar-refractivity contribution < 1.29 is 4.79 Å². The maximum absolute atomic E-state index is 11.2. The standard InChI is InChI=1S/C8H16N4O/c1-9-5-4-7(8(13)11-3)12-6-10-2/h4,6,9H,5H2,1-3H3,(H,10,12)(H,11,13)/b7-4-. The Morgan fingerprint density at radius 1 is 1.38 bits per heavy atom. The average Bonchev–Trinajstić information content (AvgIpc) is 2.17. The van der Waals surface area contributed by atoms with Gasteiger partial charge in [-0.3, -0.25) is 4.79 Å². The number of aliphatic imine (C=N–C) groups is 1. The zero-order valence-electron chi connectivity index (χ0n) is 8.22. The second-order valence-electron chi connectivity index (χ2n) is 2.27. The average molecular weight is 184 g/mol. The van der Waals surface area contributed by atoms with Crippen molar-refractivity contribution in [1.29, 1.82) is 0 Å². The molecule has 0 aliphatic rings. The van der Waals surface area contributed by atoms with Crippen LogP contribution in [0.25, 0.3) is 0 Å².